The predicted octanol–water partition coefficient (Wildman–Crippen LogP) is 3.39. The van der Waals surface area contributed by atoms with Gasteiger partial charge in [-0.25, -0.2) is 4.68 Å². The Bertz CT molecular complexity index is 869. The second kappa shape index (κ2) is 6.91. The number of ether oxygens (including phenoxy) is 1. The molecule has 0 spiro atoms. The summed E-state index contributed by atoms with van der Waals surface area (Å²) in [4.78, 5) is 0. The van der Waals surface area contributed by atoms with Crippen LogP contribution in [0.1, 0.15) is 24.1 Å². The zero-order valence-electron chi connectivity index (χ0n) is 14.1. The minimum Gasteiger partial charge on any atom is -0.489 e. The molecule has 3 aromatic rings. The molecule has 25 heavy (non-hydrogen) atoms. The van der Waals surface area contributed by atoms with Crippen molar-refractivity contribution in [2.75, 3.05) is 13.2 Å². The smallest absolute Gasteiger partial charge is 0.127 e. The maximum Gasteiger partial charge on any atom is 0.127 e. The normalized spacial score (nSPS) is 14.4. The molecule has 0 aliphatic carbocycles. The predicted molar refractivity (Wildman–Crippen MR) is 97.7 cm³/mol. The fourth-order valence-corrected chi connectivity index (χ4v) is 2.93. The Morgan fingerprint density at radius 1 is 1.16 bits per heavy atom. The van der Waals surface area contributed by atoms with Gasteiger partial charge in [0.25, 0.3) is 0 Å². The SMILES string of the molecule is CC(NCC1=Cc2ccccc2OC1)c1ccc(-n2ccnn2)cc1. The number of nitrogens with one attached hydrogen (secondary N) is 1. The summed E-state index contributed by atoms with van der Waals surface area (Å²) in [6.45, 7) is 3.62. The van der Waals surface area contributed by atoms with E-state index in [9.17, 15) is 0 Å². The molecule has 1 N–H and O–H groups in total. The fraction of sp³-hybridized carbons (Fsp3) is 0.200. The van der Waals surface area contributed by atoms with Crippen LogP contribution in [-0.2, 0) is 0 Å². The van der Waals surface area contributed by atoms with Gasteiger partial charge in [-0.2, -0.15) is 0 Å². The van der Waals surface area contributed by atoms with Crippen molar-refractivity contribution in [2.45, 2.75) is 13.0 Å². The first-order valence-electron chi connectivity index (χ1n) is 8.41. The van der Waals surface area contributed by atoms with Gasteiger partial charge in [0.05, 0.1) is 18.1 Å². The number of hydrogen-bond donors (Lipinski definition) is 1. The Kier molecular flexibility index (Phi) is 4.31. The topological polar surface area (TPSA) is 52.0 Å². The first-order valence-corrected chi connectivity index (χ1v) is 8.41. The van der Waals surface area contributed by atoms with E-state index in [0.29, 0.717) is 6.61 Å². The van der Waals surface area contributed by atoms with E-state index in [4.69, 9.17) is 4.74 Å². The Labute approximate surface area is 146 Å². The highest BCUT2D eigenvalue weighted by Crippen LogP contribution is 2.25. The molecule has 0 saturated heterocycles. The van der Waals surface area contributed by atoms with Gasteiger partial charge in [-0.1, -0.05) is 35.5 Å². The molecule has 1 unspecified atom stereocenters. The Balaban J connectivity index is 1.39. The summed E-state index contributed by atoms with van der Waals surface area (Å²) in [5, 5.41) is 11.4. The average Bonchev–Trinajstić information content (AvgIpc) is 3.21. The number of para-hydroxylation sites is 1. The zero-order valence-corrected chi connectivity index (χ0v) is 14.1. The summed E-state index contributed by atoms with van der Waals surface area (Å²) in [6, 6.07) is 16.7. The molecule has 0 radical (unpaired) electrons. The minimum absolute atomic E-state index is 0.253. The highest BCUT2D eigenvalue weighted by atomic mass is 16.5. The summed E-state index contributed by atoms with van der Waals surface area (Å²) in [5.74, 6) is 0.961. The van der Waals surface area contributed by atoms with E-state index in [-0.39, 0.29) is 6.04 Å². The van der Waals surface area contributed by atoms with Crippen LogP contribution in [0.2, 0.25) is 0 Å². The lowest BCUT2D eigenvalue weighted by atomic mass is 10.1. The van der Waals surface area contributed by atoms with Gasteiger partial charge in [0.15, 0.2) is 0 Å². The van der Waals surface area contributed by atoms with Crippen LogP contribution in [-0.4, -0.2) is 28.1 Å². The van der Waals surface area contributed by atoms with Crippen LogP contribution in [0.25, 0.3) is 11.8 Å². The summed E-state index contributed by atoms with van der Waals surface area (Å²) in [6.07, 6.45) is 5.73. The molecule has 2 heterocycles. The molecular formula is C20H20N4O. The van der Waals surface area contributed by atoms with Crippen molar-refractivity contribution >= 4 is 6.08 Å². The summed E-state index contributed by atoms with van der Waals surface area (Å²) in [5.41, 5.74) is 4.65. The van der Waals surface area contributed by atoms with Gasteiger partial charge in [-0.3, -0.25) is 0 Å². The number of fused-ring (bicyclic) bond motifs is 1. The molecule has 5 heteroatoms. The molecule has 0 bridgehead atoms. The quantitative estimate of drug-likeness (QED) is 0.778. The second-order valence-corrected chi connectivity index (χ2v) is 6.17. The van der Waals surface area contributed by atoms with Crippen molar-refractivity contribution in [2.24, 2.45) is 0 Å². The molecule has 0 fully saturated rings. The van der Waals surface area contributed by atoms with Gasteiger partial charge in [0.2, 0.25) is 0 Å². The van der Waals surface area contributed by atoms with Crippen LogP contribution in [0.5, 0.6) is 5.75 Å². The Morgan fingerprint density at radius 3 is 2.80 bits per heavy atom. The van der Waals surface area contributed by atoms with E-state index in [1.807, 2.05) is 24.4 Å². The van der Waals surface area contributed by atoms with Crippen LogP contribution in [0.4, 0.5) is 0 Å². The lowest BCUT2D eigenvalue weighted by Gasteiger charge is -2.20. The van der Waals surface area contributed by atoms with Gasteiger partial charge in [-0.05, 0) is 42.3 Å². The van der Waals surface area contributed by atoms with Crippen molar-refractivity contribution in [3.05, 3.63) is 77.6 Å². The van der Waals surface area contributed by atoms with Crippen molar-refractivity contribution in [3.8, 4) is 11.4 Å². The van der Waals surface area contributed by atoms with E-state index >= 15 is 0 Å². The molecule has 0 amide bonds. The van der Waals surface area contributed by atoms with E-state index in [1.165, 1.54) is 11.1 Å². The van der Waals surface area contributed by atoms with Crippen LogP contribution in [0, 0.1) is 0 Å². The van der Waals surface area contributed by atoms with Crippen LogP contribution in [0.15, 0.2) is 66.5 Å². The highest BCUT2D eigenvalue weighted by molar-refractivity contribution is 5.62. The number of benzene rings is 2. The molecule has 1 aromatic heterocycles. The molecular weight excluding hydrogens is 312 g/mol. The largest absolute Gasteiger partial charge is 0.489 e. The Morgan fingerprint density at radius 2 is 2.00 bits per heavy atom. The van der Waals surface area contributed by atoms with Gasteiger partial charge < -0.3 is 10.1 Å². The van der Waals surface area contributed by atoms with E-state index < -0.39 is 0 Å². The maximum atomic E-state index is 5.81. The van der Waals surface area contributed by atoms with Gasteiger partial charge >= 0.3 is 0 Å². The van der Waals surface area contributed by atoms with Crippen molar-refractivity contribution < 1.29 is 4.74 Å². The number of nitrogens with zero attached hydrogens (tertiary/aromatic N) is 3. The third-order valence-electron chi connectivity index (χ3n) is 4.41. The standard InChI is InChI=1S/C20H20N4O/c1-15(17-6-8-19(9-7-17)24-11-10-22-23-24)21-13-16-12-18-4-2-3-5-20(18)25-14-16/h2-12,15,21H,13-14H2,1H3. The summed E-state index contributed by atoms with van der Waals surface area (Å²) >= 11 is 0. The zero-order chi connectivity index (χ0) is 17.1. The van der Waals surface area contributed by atoms with Crippen molar-refractivity contribution in [1.82, 2.24) is 20.3 Å². The molecule has 126 valence electrons. The second-order valence-electron chi connectivity index (χ2n) is 6.17. The van der Waals surface area contributed by atoms with Crippen molar-refractivity contribution in [3.63, 3.8) is 0 Å². The van der Waals surface area contributed by atoms with E-state index in [0.717, 1.165) is 23.5 Å². The highest BCUT2D eigenvalue weighted by Gasteiger charge is 2.12. The minimum atomic E-state index is 0.253. The lowest BCUT2D eigenvalue weighted by Crippen LogP contribution is -2.24. The van der Waals surface area contributed by atoms with Crippen LogP contribution < -0.4 is 10.1 Å². The third-order valence-corrected chi connectivity index (χ3v) is 4.41. The van der Waals surface area contributed by atoms with Crippen LogP contribution in [0.3, 0.4) is 0 Å². The number of rotatable bonds is 5. The fourth-order valence-electron chi connectivity index (χ4n) is 2.93. The average molecular weight is 332 g/mol. The lowest BCUT2D eigenvalue weighted by molar-refractivity contribution is 0.341. The Hall–Kier alpha value is -2.92. The third kappa shape index (κ3) is 3.46. The van der Waals surface area contributed by atoms with Crippen LogP contribution >= 0.6 is 0 Å². The molecule has 5 nitrogen and oxygen atoms in total. The molecule has 1 atom stereocenters. The number of aromatic nitrogens is 3. The monoisotopic (exact) mass is 332 g/mol. The summed E-state index contributed by atoms with van der Waals surface area (Å²) in [7, 11) is 0. The molecule has 0 saturated carbocycles. The maximum absolute atomic E-state index is 5.81. The molecule has 1 aliphatic rings. The molecule has 2 aromatic carbocycles. The summed E-state index contributed by atoms with van der Waals surface area (Å²) < 4.78 is 7.56. The van der Waals surface area contributed by atoms with Crippen molar-refractivity contribution in [1.29, 1.82) is 0 Å². The first kappa shape index (κ1) is 15.6. The van der Waals surface area contributed by atoms with E-state index in [1.54, 1.807) is 10.9 Å². The molecule has 1 aliphatic heterocycles. The molecule has 4 rings (SSSR count). The number of hydrogen-bond acceptors (Lipinski definition) is 4. The van der Waals surface area contributed by atoms with E-state index in [2.05, 4.69) is 59.0 Å². The van der Waals surface area contributed by atoms with Gasteiger partial charge in [-0.15, -0.1) is 5.10 Å². The van der Waals surface area contributed by atoms with Gasteiger partial charge in [0, 0.05) is 18.2 Å². The van der Waals surface area contributed by atoms with Gasteiger partial charge in [0.1, 0.15) is 12.4 Å². The first-order chi connectivity index (χ1) is 12.3.